The van der Waals surface area contributed by atoms with E-state index in [-0.39, 0.29) is 0 Å². The fourth-order valence-corrected chi connectivity index (χ4v) is 2.07. The summed E-state index contributed by atoms with van der Waals surface area (Å²) in [7, 11) is 0. The Morgan fingerprint density at radius 1 is 0.941 bits per heavy atom. The summed E-state index contributed by atoms with van der Waals surface area (Å²) in [4.78, 5) is 15.4. The van der Waals surface area contributed by atoms with Crippen molar-refractivity contribution in [2.45, 2.75) is 0 Å². The van der Waals surface area contributed by atoms with E-state index < -0.39 is 5.97 Å². The maximum Gasteiger partial charge on any atom is 0.336 e. The molecule has 0 saturated heterocycles. The Morgan fingerprint density at radius 2 is 1.71 bits per heavy atom. The van der Waals surface area contributed by atoms with Crippen LogP contribution in [0.4, 0.5) is 0 Å². The van der Waals surface area contributed by atoms with Crippen LogP contribution in [0.5, 0.6) is 0 Å². The van der Waals surface area contributed by atoms with Gasteiger partial charge in [-0.25, -0.2) is 4.79 Å². The predicted molar refractivity (Wildman–Crippen MR) is 66.2 cm³/mol. The molecule has 0 unspecified atom stereocenters. The van der Waals surface area contributed by atoms with Gasteiger partial charge in [-0.1, -0.05) is 30.3 Å². The Labute approximate surface area is 97.3 Å². The molecule has 0 spiro atoms. The lowest BCUT2D eigenvalue weighted by molar-refractivity contribution is 0.0699. The van der Waals surface area contributed by atoms with E-state index in [9.17, 15) is 4.79 Å². The molecule has 1 heterocycles. The van der Waals surface area contributed by atoms with Crippen LogP contribution in [-0.4, -0.2) is 16.1 Å². The van der Waals surface area contributed by atoms with Crippen molar-refractivity contribution in [3.05, 3.63) is 54.2 Å². The number of pyridine rings is 1. The Morgan fingerprint density at radius 3 is 2.53 bits per heavy atom. The summed E-state index contributed by atoms with van der Waals surface area (Å²) < 4.78 is 0. The van der Waals surface area contributed by atoms with Crippen molar-refractivity contribution in [3.63, 3.8) is 0 Å². The highest BCUT2D eigenvalue weighted by Crippen LogP contribution is 2.25. The molecule has 0 amide bonds. The van der Waals surface area contributed by atoms with Crippen LogP contribution in [0.15, 0.2) is 48.7 Å². The van der Waals surface area contributed by atoms with Gasteiger partial charge in [0.15, 0.2) is 0 Å². The standard InChI is InChI=1S/C14H9NO2/c16-14(17)11-6-3-5-9-10-4-1-2-7-13(10)15-8-12(9)11/h1-8H,(H,16,17). The normalized spacial score (nSPS) is 10.8. The first-order valence-corrected chi connectivity index (χ1v) is 5.27. The minimum Gasteiger partial charge on any atom is -0.478 e. The molecule has 0 fully saturated rings. The molecule has 0 bridgehead atoms. The number of hydrogen-bond acceptors (Lipinski definition) is 2. The van der Waals surface area contributed by atoms with E-state index in [1.807, 2.05) is 30.3 Å². The van der Waals surface area contributed by atoms with Crippen LogP contribution in [-0.2, 0) is 0 Å². The number of aromatic nitrogens is 1. The molecule has 3 nitrogen and oxygen atoms in total. The second kappa shape index (κ2) is 3.56. The Hall–Kier alpha value is -2.42. The number of carboxylic acids is 1. The molecule has 3 aromatic rings. The lowest BCUT2D eigenvalue weighted by Gasteiger charge is -2.05. The summed E-state index contributed by atoms with van der Waals surface area (Å²) in [5, 5.41) is 11.7. The van der Waals surface area contributed by atoms with Crippen molar-refractivity contribution in [3.8, 4) is 0 Å². The van der Waals surface area contributed by atoms with Gasteiger partial charge >= 0.3 is 5.97 Å². The van der Waals surface area contributed by atoms with Gasteiger partial charge in [0.2, 0.25) is 0 Å². The van der Waals surface area contributed by atoms with E-state index in [4.69, 9.17) is 5.11 Å². The van der Waals surface area contributed by atoms with Crippen LogP contribution in [0.25, 0.3) is 21.7 Å². The first-order valence-electron chi connectivity index (χ1n) is 5.27. The molecule has 17 heavy (non-hydrogen) atoms. The number of para-hydroxylation sites is 1. The zero-order valence-electron chi connectivity index (χ0n) is 8.92. The van der Waals surface area contributed by atoms with Crippen LogP contribution in [0.3, 0.4) is 0 Å². The molecule has 0 aliphatic rings. The maximum absolute atomic E-state index is 11.1. The van der Waals surface area contributed by atoms with Gasteiger partial charge < -0.3 is 5.11 Å². The van der Waals surface area contributed by atoms with Gasteiger partial charge in [-0.15, -0.1) is 0 Å². The summed E-state index contributed by atoms with van der Waals surface area (Å²) >= 11 is 0. The van der Waals surface area contributed by atoms with Crippen molar-refractivity contribution in [1.82, 2.24) is 4.98 Å². The van der Waals surface area contributed by atoms with Gasteiger partial charge in [0.05, 0.1) is 11.1 Å². The molecule has 82 valence electrons. The zero-order valence-corrected chi connectivity index (χ0v) is 8.92. The Kier molecular flexibility index (Phi) is 2.05. The second-order valence-corrected chi connectivity index (χ2v) is 3.85. The molecule has 3 rings (SSSR count). The highest BCUT2D eigenvalue weighted by atomic mass is 16.4. The molecule has 3 heteroatoms. The van der Waals surface area contributed by atoms with Crippen LogP contribution >= 0.6 is 0 Å². The third kappa shape index (κ3) is 1.44. The van der Waals surface area contributed by atoms with Crippen LogP contribution in [0.2, 0.25) is 0 Å². The monoisotopic (exact) mass is 223 g/mol. The first-order chi connectivity index (χ1) is 8.27. The van der Waals surface area contributed by atoms with Crippen LogP contribution in [0, 0.1) is 0 Å². The lowest BCUT2D eigenvalue weighted by atomic mass is 10.0. The number of nitrogens with zero attached hydrogens (tertiary/aromatic N) is 1. The van der Waals surface area contributed by atoms with Gasteiger partial charge in [-0.05, 0) is 17.5 Å². The fraction of sp³-hybridized carbons (Fsp3) is 0. The third-order valence-electron chi connectivity index (χ3n) is 2.86. The minimum absolute atomic E-state index is 0.292. The lowest BCUT2D eigenvalue weighted by Crippen LogP contribution is -1.97. The van der Waals surface area contributed by atoms with Gasteiger partial charge in [0.25, 0.3) is 0 Å². The SMILES string of the molecule is O=C(O)c1cccc2c1cnc1ccccc12. The second-order valence-electron chi connectivity index (χ2n) is 3.85. The average Bonchev–Trinajstić information content (AvgIpc) is 2.37. The highest BCUT2D eigenvalue weighted by Gasteiger charge is 2.09. The summed E-state index contributed by atoms with van der Waals surface area (Å²) in [5.74, 6) is -0.923. The predicted octanol–water partition coefficient (Wildman–Crippen LogP) is 3.09. The molecule has 0 aliphatic heterocycles. The van der Waals surface area contributed by atoms with Gasteiger partial charge in [0.1, 0.15) is 0 Å². The Bertz CT molecular complexity index is 734. The minimum atomic E-state index is -0.923. The topological polar surface area (TPSA) is 50.2 Å². The Balaban J connectivity index is 2.52. The summed E-state index contributed by atoms with van der Waals surface area (Å²) in [5.41, 5.74) is 1.17. The molecular formula is C14H9NO2. The van der Waals surface area contributed by atoms with Crippen molar-refractivity contribution >= 4 is 27.6 Å². The zero-order chi connectivity index (χ0) is 11.8. The van der Waals surface area contributed by atoms with Crippen molar-refractivity contribution < 1.29 is 9.90 Å². The quantitative estimate of drug-likeness (QED) is 0.645. The van der Waals surface area contributed by atoms with Crippen molar-refractivity contribution in [2.75, 3.05) is 0 Å². The number of aromatic carboxylic acids is 1. The molecule has 1 N–H and O–H groups in total. The molecule has 1 aromatic heterocycles. The molecule has 2 aromatic carbocycles. The van der Waals surface area contributed by atoms with E-state index in [0.717, 1.165) is 16.3 Å². The van der Waals surface area contributed by atoms with Crippen molar-refractivity contribution in [1.29, 1.82) is 0 Å². The number of carboxylic acid groups (broad SMARTS) is 1. The van der Waals surface area contributed by atoms with E-state index in [0.29, 0.717) is 10.9 Å². The average molecular weight is 223 g/mol. The number of carbonyl (C=O) groups is 1. The van der Waals surface area contributed by atoms with E-state index in [2.05, 4.69) is 4.98 Å². The smallest absolute Gasteiger partial charge is 0.336 e. The van der Waals surface area contributed by atoms with E-state index in [1.54, 1.807) is 18.3 Å². The molecule has 0 atom stereocenters. The number of benzene rings is 2. The largest absolute Gasteiger partial charge is 0.478 e. The fourth-order valence-electron chi connectivity index (χ4n) is 2.07. The molecule has 0 saturated carbocycles. The highest BCUT2D eigenvalue weighted by molar-refractivity contribution is 6.12. The summed E-state index contributed by atoms with van der Waals surface area (Å²) in [6.07, 6.45) is 1.63. The first kappa shape index (κ1) is 9.78. The van der Waals surface area contributed by atoms with E-state index >= 15 is 0 Å². The van der Waals surface area contributed by atoms with Crippen molar-refractivity contribution in [2.24, 2.45) is 0 Å². The van der Waals surface area contributed by atoms with E-state index in [1.165, 1.54) is 0 Å². The van der Waals surface area contributed by atoms with Gasteiger partial charge in [-0.3, -0.25) is 4.98 Å². The summed E-state index contributed by atoms with van der Waals surface area (Å²) in [6.45, 7) is 0. The van der Waals surface area contributed by atoms with Gasteiger partial charge in [0, 0.05) is 17.0 Å². The third-order valence-corrected chi connectivity index (χ3v) is 2.86. The molecule has 0 radical (unpaired) electrons. The number of hydrogen-bond donors (Lipinski definition) is 1. The van der Waals surface area contributed by atoms with Crippen LogP contribution in [0.1, 0.15) is 10.4 Å². The summed E-state index contributed by atoms with van der Waals surface area (Å²) in [6, 6.07) is 13.0. The molecular weight excluding hydrogens is 214 g/mol. The number of fused-ring (bicyclic) bond motifs is 3. The van der Waals surface area contributed by atoms with Crippen LogP contribution < -0.4 is 0 Å². The maximum atomic E-state index is 11.1. The number of rotatable bonds is 1. The molecule has 0 aliphatic carbocycles. The van der Waals surface area contributed by atoms with Gasteiger partial charge in [-0.2, -0.15) is 0 Å².